The maximum atomic E-state index is 11.0. The van der Waals surface area contributed by atoms with Gasteiger partial charge in [-0.25, -0.2) is 8.42 Å². The Morgan fingerprint density at radius 1 is 0.949 bits per heavy atom. The molecule has 0 unspecified atom stereocenters. The molecule has 6 nitrogen and oxygen atoms in total. The largest absolute Gasteiger partial charge is 0.497 e. The number of benzene rings is 3. The summed E-state index contributed by atoms with van der Waals surface area (Å²) in [4.78, 5) is 0. The van der Waals surface area contributed by atoms with E-state index in [-0.39, 0.29) is 12.9 Å². The molecule has 3 rings (SSSR count). The molecule has 0 spiro atoms. The molecule has 0 saturated heterocycles. The van der Waals surface area contributed by atoms with Crippen LogP contribution in [0, 0.1) is 0 Å². The fourth-order valence-electron chi connectivity index (χ4n) is 3.33. The molecule has 0 radical (unpaired) electrons. The van der Waals surface area contributed by atoms with Crippen LogP contribution in [0.25, 0.3) is 11.1 Å². The number of hydrogen-bond acceptors (Lipinski definition) is 6. The molecule has 0 amide bonds. The monoisotopic (exact) mass is 587 g/mol. The third kappa shape index (κ3) is 10.4. The summed E-state index contributed by atoms with van der Waals surface area (Å²) in [6.07, 6.45) is 2.21. The van der Waals surface area contributed by atoms with E-state index in [1.807, 2.05) is 37.3 Å². The average Bonchev–Trinajstić information content (AvgIpc) is 2.88. The van der Waals surface area contributed by atoms with Gasteiger partial charge in [-0.2, -0.15) is 13.2 Å². The molecule has 0 aromatic heterocycles. The number of alkyl halides is 3. The molecule has 3 aromatic carbocycles. The van der Waals surface area contributed by atoms with Crippen LogP contribution < -0.4 is 15.2 Å². The van der Waals surface area contributed by atoms with E-state index in [0.29, 0.717) is 36.0 Å². The summed E-state index contributed by atoms with van der Waals surface area (Å²) < 4.78 is 63.5. The van der Waals surface area contributed by atoms with Gasteiger partial charge in [0.1, 0.15) is 0 Å². The molecule has 0 heterocycles. The van der Waals surface area contributed by atoms with E-state index in [2.05, 4.69) is 36.4 Å². The Hall–Kier alpha value is -2.79. The lowest BCUT2D eigenvalue weighted by Crippen LogP contribution is -2.40. The minimum Gasteiger partial charge on any atom is -0.493 e. The number of aliphatic hydroxyl groups excluding tert-OH is 1. The van der Waals surface area contributed by atoms with Gasteiger partial charge < -0.3 is 20.3 Å². The molecule has 214 valence electrons. The number of methoxy groups -OCH3 is 1. The second-order valence-corrected chi connectivity index (χ2v) is 11.7. The van der Waals surface area contributed by atoms with Crippen LogP contribution >= 0.6 is 11.6 Å². The van der Waals surface area contributed by atoms with Gasteiger partial charge in [0.25, 0.3) is 0 Å². The summed E-state index contributed by atoms with van der Waals surface area (Å²) in [6, 6.07) is 22.6. The molecule has 1 atom stereocenters. The van der Waals surface area contributed by atoms with E-state index < -0.39 is 20.9 Å². The van der Waals surface area contributed by atoms with Gasteiger partial charge in [-0.05, 0) is 54.2 Å². The highest BCUT2D eigenvalue weighted by molar-refractivity contribution is 7.91. The number of sulfone groups is 1. The number of halogens is 4. The first-order valence-corrected chi connectivity index (χ1v) is 14.2. The topological polar surface area (TPSA) is 98.8 Å². The van der Waals surface area contributed by atoms with Gasteiger partial charge in [0.15, 0.2) is 11.5 Å². The van der Waals surface area contributed by atoms with Gasteiger partial charge in [0.05, 0.1) is 25.3 Å². The number of nitrogens with two attached hydrogens (primary N) is 1. The average molecular weight is 588 g/mol. The first kappa shape index (κ1) is 32.4. The first-order valence-electron chi connectivity index (χ1n) is 12.0. The number of ether oxygens (including phenoxy) is 2. The molecule has 0 fully saturated rings. The van der Waals surface area contributed by atoms with E-state index in [1.54, 1.807) is 7.11 Å². The Kier molecular flexibility index (Phi) is 11.7. The third-order valence-electron chi connectivity index (χ3n) is 5.75. The van der Waals surface area contributed by atoms with Crippen molar-refractivity contribution < 1.29 is 36.2 Å². The van der Waals surface area contributed by atoms with Gasteiger partial charge in [0, 0.05) is 18.2 Å². The minimum atomic E-state index is -5.09. The van der Waals surface area contributed by atoms with Crippen LogP contribution in [0.1, 0.15) is 24.5 Å². The summed E-state index contributed by atoms with van der Waals surface area (Å²) >= 11 is 6.48. The minimum absolute atomic E-state index is 0.0641. The van der Waals surface area contributed by atoms with E-state index in [0.717, 1.165) is 12.0 Å². The van der Waals surface area contributed by atoms with Crippen molar-refractivity contribution in [1.29, 1.82) is 0 Å². The van der Waals surface area contributed by atoms with Gasteiger partial charge >= 0.3 is 5.51 Å². The SMILES string of the molecule is COc1cc(CC[C@@](C)(N)CO)cc(Cl)c1OCCc1ccc(-c2ccccc2)cc1.CS(=O)(=O)C(F)(F)F. The van der Waals surface area contributed by atoms with Crippen molar-refractivity contribution in [3.05, 3.63) is 82.9 Å². The van der Waals surface area contributed by atoms with Crippen LogP contribution in [-0.2, 0) is 22.7 Å². The highest BCUT2D eigenvalue weighted by Gasteiger charge is 2.41. The Bertz CT molecular complexity index is 1300. The zero-order valence-electron chi connectivity index (χ0n) is 22.0. The summed E-state index contributed by atoms with van der Waals surface area (Å²) in [6.45, 7) is 2.26. The highest BCUT2D eigenvalue weighted by Crippen LogP contribution is 2.37. The first-order chi connectivity index (χ1) is 18.2. The molecular formula is C28H33ClF3NO5S. The molecule has 3 N–H and O–H groups in total. The van der Waals surface area contributed by atoms with Crippen molar-refractivity contribution in [2.24, 2.45) is 5.73 Å². The number of aryl methyl sites for hydroxylation is 1. The molecule has 11 heteroatoms. The number of hydrogen-bond donors (Lipinski definition) is 2. The van der Waals surface area contributed by atoms with Crippen molar-refractivity contribution in [2.45, 2.75) is 37.2 Å². The predicted octanol–water partition coefficient (Wildman–Crippen LogP) is 5.83. The van der Waals surface area contributed by atoms with E-state index >= 15 is 0 Å². The van der Waals surface area contributed by atoms with Crippen LogP contribution in [-0.4, -0.2) is 51.2 Å². The zero-order valence-corrected chi connectivity index (χ0v) is 23.5. The van der Waals surface area contributed by atoms with Crippen molar-refractivity contribution >= 4 is 21.4 Å². The summed E-state index contributed by atoms with van der Waals surface area (Å²) in [5, 5.41) is 9.85. The molecule has 3 aromatic rings. The Morgan fingerprint density at radius 3 is 2.03 bits per heavy atom. The molecule has 39 heavy (non-hydrogen) atoms. The lowest BCUT2D eigenvalue weighted by Gasteiger charge is -2.22. The lowest BCUT2D eigenvalue weighted by atomic mass is 9.95. The zero-order chi connectivity index (χ0) is 29.3. The van der Waals surface area contributed by atoms with Crippen LogP contribution in [0.2, 0.25) is 5.02 Å². The normalized spacial score (nSPS) is 13.2. The molecular weight excluding hydrogens is 555 g/mol. The Balaban J connectivity index is 0.000000580. The standard InChI is InChI=1S/C26H30ClNO3.C2H3F3O2S/c1-26(28,18-29)14-12-20-16-23(27)25(24(17-20)30-2)31-15-13-19-8-10-22(11-9-19)21-6-4-3-5-7-21;1-8(6,7)2(3,4)5/h3-11,16-17,29H,12-15,18,28H2,1-2H3;1H3/t26-;/m1./s1. The molecule has 0 aliphatic carbocycles. The summed E-state index contributed by atoms with van der Waals surface area (Å²) in [5.41, 5.74) is 4.90. The summed E-state index contributed by atoms with van der Waals surface area (Å²) in [5.74, 6) is 1.15. The quantitative estimate of drug-likeness (QED) is 0.310. The van der Waals surface area contributed by atoms with Gasteiger partial charge in [-0.3, -0.25) is 0 Å². The second-order valence-electron chi connectivity index (χ2n) is 9.30. The Morgan fingerprint density at radius 2 is 1.51 bits per heavy atom. The fraction of sp³-hybridized carbons (Fsp3) is 0.357. The fourth-order valence-corrected chi connectivity index (χ4v) is 3.62. The number of rotatable bonds is 10. The Labute approximate surface area is 232 Å². The van der Waals surface area contributed by atoms with Crippen molar-refractivity contribution in [1.82, 2.24) is 0 Å². The maximum Gasteiger partial charge on any atom is 0.497 e. The molecule has 0 saturated carbocycles. The van der Waals surface area contributed by atoms with Crippen molar-refractivity contribution in [2.75, 3.05) is 26.6 Å². The smallest absolute Gasteiger partial charge is 0.493 e. The van der Waals surface area contributed by atoms with E-state index in [4.69, 9.17) is 26.8 Å². The van der Waals surface area contributed by atoms with Crippen molar-refractivity contribution in [3.63, 3.8) is 0 Å². The predicted molar refractivity (Wildman–Crippen MR) is 148 cm³/mol. The van der Waals surface area contributed by atoms with E-state index in [9.17, 15) is 26.7 Å². The third-order valence-corrected chi connectivity index (χ3v) is 6.88. The van der Waals surface area contributed by atoms with Gasteiger partial charge in [-0.1, -0.05) is 66.2 Å². The summed E-state index contributed by atoms with van der Waals surface area (Å²) in [7, 11) is -3.24. The van der Waals surface area contributed by atoms with Gasteiger partial charge in [0.2, 0.25) is 9.84 Å². The van der Waals surface area contributed by atoms with Crippen LogP contribution in [0.5, 0.6) is 11.5 Å². The van der Waals surface area contributed by atoms with Crippen LogP contribution in [0.4, 0.5) is 13.2 Å². The molecule has 0 bridgehead atoms. The van der Waals surface area contributed by atoms with Crippen molar-refractivity contribution in [3.8, 4) is 22.6 Å². The van der Waals surface area contributed by atoms with Crippen LogP contribution in [0.15, 0.2) is 66.7 Å². The maximum absolute atomic E-state index is 11.0. The highest BCUT2D eigenvalue weighted by atomic mass is 35.5. The molecule has 0 aliphatic rings. The molecule has 0 aliphatic heterocycles. The van der Waals surface area contributed by atoms with Crippen LogP contribution in [0.3, 0.4) is 0 Å². The van der Waals surface area contributed by atoms with Gasteiger partial charge in [-0.15, -0.1) is 0 Å². The second kappa shape index (κ2) is 14.0. The lowest BCUT2D eigenvalue weighted by molar-refractivity contribution is -0.0429. The number of aliphatic hydroxyl groups is 1. The van der Waals surface area contributed by atoms with E-state index in [1.165, 1.54) is 16.7 Å².